The quantitative estimate of drug-likeness (QED) is 0.413. The Kier molecular flexibility index (Phi) is 7.78. The van der Waals surface area contributed by atoms with E-state index in [9.17, 15) is 4.79 Å². The highest BCUT2D eigenvalue weighted by molar-refractivity contribution is 5.89. The lowest BCUT2D eigenvalue weighted by atomic mass is 10.0. The van der Waals surface area contributed by atoms with Gasteiger partial charge in [-0.25, -0.2) is 4.79 Å². The summed E-state index contributed by atoms with van der Waals surface area (Å²) in [5.41, 5.74) is 6.79. The van der Waals surface area contributed by atoms with Gasteiger partial charge >= 0.3 is 5.97 Å². The predicted molar refractivity (Wildman–Crippen MR) is 83.7 cm³/mol. The molecule has 20 heavy (non-hydrogen) atoms. The van der Waals surface area contributed by atoms with Crippen molar-refractivity contribution >= 4 is 11.7 Å². The van der Waals surface area contributed by atoms with E-state index in [2.05, 4.69) is 13.8 Å². The van der Waals surface area contributed by atoms with Gasteiger partial charge in [0.2, 0.25) is 0 Å². The summed E-state index contributed by atoms with van der Waals surface area (Å²) in [7, 11) is 0. The van der Waals surface area contributed by atoms with E-state index in [0.29, 0.717) is 17.9 Å². The zero-order valence-electron chi connectivity index (χ0n) is 12.7. The van der Waals surface area contributed by atoms with Gasteiger partial charge in [-0.05, 0) is 36.6 Å². The van der Waals surface area contributed by atoms with Crippen molar-refractivity contribution in [2.24, 2.45) is 5.92 Å². The monoisotopic (exact) mass is 277 g/mol. The molecule has 0 saturated heterocycles. The van der Waals surface area contributed by atoms with E-state index in [0.717, 1.165) is 18.8 Å². The summed E-state index contributed by atoms with van der Waals surface area (Å²) in [5.74, 6) is 0.542. The van der Waals surface area contributed by atoms with Gasteiger partial charge in [-0.3, -0.25) is 0 Å². The molecule has 0 amide bonds. The summed E-state index contributed by atoms with van der Waals surface area (Å²) in [6.45, 7) is 5.03. The van der Waals surface area contributed by atoms with Gasteiger partial charge in [-0.1, -0.05) is 46.0 Å². The molecule has 2 N–H and O–H groups in total. The number of ether oxygens (including phenoxy) is 1. The normalized spacial score (nSPS) is 10.8. The number of hydrogen-bond donors (Lipinski definition) is 1. The average molecular weight is 277 g/mol. The van der Waals surface area contributed by atoms with E-state index in [1.807, 2.05) is 0 Å². The number of hydrogen-bond acceptors (Lipinski definition) is 3. The van der Waals surface area contributed by atoms with Gasteiger partial charge in [-0.2, -0.15) is 0 Å². The lowest BCUT2D eigenvalue weighted by molar-refractivity contribution is 0.0497. The van der Waals surface area contributed by atoms with E-state index in [-0.39, 0.29) is 5.97 Å². The van der Waals surface area contributed by atoms with Gasteiger partial charge in [0.05, 0.1) is 12.2 Å². The van der Waals surface area contributed by atoms with Gasteiger partial charge < -0.3 is 10.5 Å². The second-order valence-corrected chi connectivity index (χ2v) is 5.71. The average Bonchev–Trinajstić information content (AvgIpc) is 2.42. The number of rotatable bonds is 9. The van der Waals surface area contributed by atoms with Crippen LogP contribution in [0.15, 0.2) is 24.3 Å². The number of carbonyl (C=O) groups excluding carboxylic acids is 1. The van der Waals surface area contributed by atoms with Crippen LogP contribution in [0, 0.1) is 5.92 Å². The molecule has 0 spiro atoms. The predicted octanol–water partition coefficient (Wildman–Crippen LogP) is 4.42. The van der Waals surface area contributed by atoms with Crippen LogP contribution >= 0.6 is 0 Å². The first kappa shape index (κ1) is 16.5. The maximum Gasteiger partial charge on any atom is 0.338 e. The molecular weight excluding hydrogens is 250 g/mol. The Labute approximate surface area is 122 Å². The Morgan fingerprint density at radius 3 is 2.30 bits per heavy atom. The summed E-state index contributed by atoms with van der Waals surface area (Å²) in [6.07, 6.45) is 7.21. The molecule has 1 aromatic rings. The van der Waals surface area contributed by atoms with Gasteiger partial charge in [0.15, 0.2) is 0 Å². The third kappa shape index (κ3) is 7.17. The highest BCUT2D eigenvalue weighted by Crippen LogP contribution is 2.11. The van der Waals surface area contributed by atoms with Gasteiger partial charge in [0.25, 0.3) is 0 Å². The first-order valence-electron chi connectivity index (χ1n) is 7.62. The number of anilines is 1. The van der Waals surface area contributed by atoms with Gasteiger partial charge in [0, 0.05) is 5.69 Å². The van der Waals surface area contributed by atoms with Gasteiger partial charge in [-0.15, -0.1) is 0 Å². The van der Waals surface area contributed by atoms with Crippen molar-refractivity contribution in [3.05, 3.63) is 29.8 Å². The Morgan fingerprint density at radius 1 is 1.05 bits per heavy atom. The minimum Gasteiger partial charge on any atom is -0.462 e. The number of unbranched alkanes of at least 4 members (excludes halogenated alkanes) is 4. The van der Waals surface area contributed by atoms with Crippen LogP contribution in [0.4, 0.5) is 5.69 Å². The Balaban J connectivity index is 2.04. The third-order valence-corrected chi connectivity index (χ3v) is 3.31. The maximum atomic E-state index is 11.7. The molecule has 0 bridgehead atoms. The molecule has 3 nitrogen and oxygen atoms in total. The lowest BCUT2D eigenvalue weighted by Gasteiger charge is -2.06. The van der Waals surface area contributed by atoms with E-state index in [1.165, 1.54) is 25.7 Å². The van der Waals surface area contributed by atoms with E-state index < -0.39 is 0 Å². The molecule has 112 valence electrons. The van der Waals surface area contributed by atoms with Crippen LogP contribution in [-0.2, 0) is 4.74 Å². The van der Waals surface area contributed by atoms with Crippen molar-refractivity contribution in [1.29, 1.82) is 0 Å². The minimum atomic E-state index is -0.259. The molecule has 0 saturated carbocycles. The van der Waals surface area contributed by atoms with Crippen LogP contribution in [0.5, 0.6) is 0 Å². The van der Waals surface area contributed by atoms with Crippen molar-refractivity contribution in [2.75, 3.05) is 12.3 Å². The molecule has 0 aliphatic heterocycles. The zero-order valence-corrected chi connectivity index (χ0v) is 12.7. The fraction of sp³-hybridized carbons (Fsp3) is 0.588. The molecule has 1 aromatic carbocycles. The fourth-order valence-electron chi connectivity index (χ4n) is 2.05. The molecule has 0 atom stereocenters. The second-order valence-electron chi connectivity index (χ2n) is 5.71. The molecule has 0 unspecified atom stereocenters. The van der Waals surface area contributed by atoms with Crippen molar-refractivity contribution < 1.29 is 9.53 Å². The molecule has 0 radical (unpaired) electrons. The summed E-state index contributed by atoms with van der Waals surface area (Å²) in [6, 6.07) is 6.82. The fourth-order valence-corrected chi connectivity index (χ4v) is 2.05. The van der Waals surface area contributed by atoms with Crippen LogP contribution < -0.4 is 5.73 Å². The van der Waals surface area contributed by atoms with Crippen molar-refractivity contribution in [1.82, 2.24) is 0 Å². The molecule has 1 rings (SSSR count). The number of esters is 1. The van der Waals surface area contributed by atoms with Crippen LogP contribution in [0.25, 0.3) is 0 Å². The summed E-state index contributed by atoms with van der Waals surface area (Å²) < 4.78 is 5.23. The summed E-state index contributed by atoms with van der Waals surface area (Å²) >= 11 is 0. The van der Waals surface area contributed by atoms with E-state index in [4.69, 9.17) is 10.5 Å². The van der Waals surface area contributed by atoms with Crippen LogP contribution in [0.1, 0.15) is 62.7 Å². The SMILES string of the molecule is CC(C)CCCCCCCOC(=O)c1ccc(N)cc1. The van der Waals surface area contributed by atoms with Crippen LogP contribution in [0.2, 0.25) is 0 Å². The summed E-state index contributed by atoms with van der Waals surface area (Å²) in [5, 5.41) is 0. The molecule has 0 fully saturated rings. The standard InChI is InChI=1S/C17H27NO2/c1-14(2)8-6-4-3-5-7-13-20-17(19)15-9-11-16(18)12-10-15/h9-12,14H,3-8,13,18H2,1-2H3. The first-order valence-corrected chi connectivity index (χ1v) is 7.62. The molecule has 0 aliphatic carbocycles. The molecule has 0 aromatic heterocycles. The summed E-state index contributed by atoms with van der Waals surface area (Å²) in [4.78, 5) is 11.7. The number of nitrogen functional groups attached to an aromatic ring is 1. The lowest BCUT2D eigenvalue weighted by Crippen LogP contribution is -2.06. The Morgan fingerprint density at radius 2 is 1.65 bits per heavy atom. The molecule has 0 aliphatic rings. The topological polar surface area (TPSA) is 52.3 Å². The largest absolute Gasteiger partial charge is 0.462 e. The van der Waals surface area contributed by atoms with Crippen molar-refractivity contribution in [3.8, 4) is 0 Å². The Bertz CT molecular complexity index is 384. The highest BCUT2D eigenvalue weighted by Gasteiger charge is 2.05. The first-order chi connectivity index (χ1) is 9.59. The number of nitrogens with two attached hydrogens (primary N) is 1. The molecular formula is C17H27NO2. The molecule has 3 heteroatoms. The Hall–Kier alpha value is -1.51. The smallest absolute Gasteiger partial charge is 0.338 e. The van der Waals surface area contributed by atoms with E-state index >= 15 is 0 Å². The van der Waals surface area contributed by atoms with Crippen LogP contribution in [-0.4, -0.2) is 12.6 Å². The third-order valence-electron chi connectivity index (χ3n) is 3.31. The zero-order chi connectivity index (χ0) is 14.8. The number of carbonyl (C=O) groups is 1. The van der Waals surface area contributed by atoms with E-state index in [1.54, 1.807) is 24.3 Å². The van der Waals surface area contributed by atoms with Crippen molar-refractivity contribution in [2.45, 2.75) is 52.4 Å². The highest BCUT2D eigenvalue weighted by atomic mass is 16.5. The van der Waals surface area contributed by atoms with Crippen molar-refractivity contribution in [3.63, 3.8) is 0 Å². The van der Waals surface area contributed by atoms with Gasteiger partial charge in [0.1, 0.15) is 0 Å². The van der Waals surface area contributed by atoms with Crippen LogP contribution in [0.3, 0.4) is 0 Å². The minimum absolute atomic E-state index is 0.259. The maximum absolute atomic E-state index is 11.7. The molecule has 0 heterocycles. The second kappa shape index (κ2) is 9.40. The number of benzene rings is 1.